The molecule has 0 aliphatic carbocycles. The maximum atomic E-state index is 12.8. The van der Waals surface area contributed by atoms with Crippen LogP contribution in [0.25, 0.3) is 0 Å². The molecule has 146 valence electrons. The van der Waals surface area contributed by atoms with E-state index in [0.717, 1.165) is 29.8 Å². The lowest BCUT2D eigenvalue weighted by molar-refractivity contribution is -0.274. The van der Waals surface area contributed by atoms with E-state index >= 15 is 0 Å². The summed E-state index contributed by atoms with van der Waals surface area (Å²) in [6.45, 7) is 0.993. The first-order valence-electron chi connectivity index (χ1n) is 7.96. The summed E-state index contributed by atoms with van der Waals surface area (Å²) in [7, 11) is -3.98. The Hall–Kier alpha value is -1.81. The first kappa shape index (κ1) is 19.9. The highest BCUT2D eigenvalue weighted by Gasteiger charge is 2.39. The summed E-state index contributed by atoms with van der Waals surface area (Å²) < 4.78 is 68.8. The van der Waals surface area contributed by atoms with Crippen molar-refractivity contribution in [2.75, 3.05) is 13.1 Å². The van der Waals surface area contributed by atoms with Crippen molar-refractivity contribution in [3.05, 3.63) is 59.1 Å². The molecule has 1 atom stereocenters. The standard InChI is InChI=1S/C17H16ClF3N2O3S/c18-13-3-1-12(2-4-13)16(9-10-22-11-16)23-27(24,25)15-7-5-14(6-8-15)26-17(19,20)21/h1-8,22-23H,9-11H2/t16-/m1/s1. The van der Waals surface area contributed by atoms with E-state index in [1.54, 1.807) is 24.3 Å². The van der Waals surface area contributed by atoms with E-state index in [2.05, 4.69) is 14.8 Å². The number of sulfonamides is 1. The maximum Gasteiger partial charge on any atom is 0.573 e. The number of alkyl halides is 3. The molecule has 2 N–H and O–H groups in total. The third-order valence-corrected chi connectivity index (χ3v) is 6.05. The molecule has 0 bridgehead atoms. The number of benzene rings is 2. The Kier molecular flexibility index (Phi) is 5.40. The van der Waals surface area contributed by atoms with Gasteiger partial charge in [-0.15, -0.1) is 13.2 Å². The van der Waals surface area contributed by atoms with E-state index in [4.69, 9.17) is 11.6 Å². The Morgan fingerprint density at radius 2 is 1.70 bits per heavy atom. The molecule has 1 saturated heterocycles. The molecule has 1 heterocycles. The predicted molar refractivity (Wildman–Crippen MR) is 94.1 cm³/mol. The molecule has 0 unspecified atom stereocenters. The van der Waals surface area contributed by atoms with Crippen molar-refractivity contribution in [3.63, 3.8) is 0 Å². The topological polar surface area (TPSA) is 67.4 Å². The highest BCUT2D eigenvalue weighted by molar-refractivity contribution is 7.89. The molecule has 0 aromatic heterocycles. The number of halogens is 4. The Balaban J connectivity index is 1.86. The molecule has 27 heavy (non-hydrogen) atoms. The quantitative estimate of drug-likeness (QED) is 0.778. The summed E-state index contributed by atoms with van der Waals surface area (Å²) in [5.74, 6) is -0.489. The maximum absolute atomic E-state index is 12.8. The van der Waals surface area contributed by atoms with Gasteiger partial charge in [-0.05, 0) is 54.9 Å². The monoisotopic (exact) mass is 420 g/mol. The molecule has 1 fully saturated rings. The molecule has 0 spiro atoms. The normalized spacial score (nSPS) is 20.6. The third kappa shape index (κ3) is 4.73. The highest BCUT2D eigenvalue weighted by Crippen LogP contribution is 2.31. The van der Waals surface area contributed by atoms with E-state index < -0.39 is 27.7 Å². The van der Waals surface area contributed by atoms with E-state index in [9.17, 15) is 21.6 Å². The Bertz CT molecular complexity index is 895. The van der Waals surface area contributed by atoms with Crippen molar-refractivity contribution in [1.29, 1.82) is 0 Å². The highest BCUT2D eigenvalue weighted by atomic mass is 35.5. The first-order valence-corrected chi connectivity index (χ1v) is 9.82. The van der Waals surface area contributed by atoms with Gasteiger partial charge in [0, 0.05) is 11.6 Å². The van der Waals surface area contributed by atoms with Gasteiger partial charge in [0.2, 0.25) is 10.0 Å². The molecule has 1 aliphatic heterocycles. The predicted octanol–water partition coefficient (Wildman–Crippen LogP) is 3.41. The fraction of sp³-hybridized carbons (Fsp3) is 0.294. The van der Waals surface area contributed by atoms with Crippen LogP contribution in [0.15, 0.2) is 53.4 Å². The van der Waals surface area contributed by atoms with Crippen LogP contribution < -0.4 is 14.8 Å². The molecule has 10 heteroatoms. The minimum Gasteiger partial charge on any atom is -0.406 e. The Morgan fingerprint density at radius 1 is 1.07 bits per heavy atom. The van der Waals surface area contributed by atoms with Crippen molar-refractivity contribution in [3.8, 4) is 5.75 Å². The van der Waals surface area contributed by atoms with Crippen molar-refractivity contribution >= 4 is 21.6 Å². The minimum atomic E-state index is -4.84. The zero-order valence-corrected chi connectivity index (χ0v) is 15.5. The van der Waals surface area contributed by atoms with Crippen LogP contribution in [0, 0.1) is 0 Å². The van der Waals surface area contributed by atoms with Gasteiger partial charge in [-0.2, -0.15) is 4.72 Å². The zero-order valence-electron chi connectivity index (χ0n) is 13.9. The van der Waals surface area contributed by atoms with Crippen molar-refractivity contribution in [2.45, 2.75) is 23.2 Å². The molecule has 1 aliphatic rings. The van der Waals surface area contributed by atoms with Gasteiger partial charge in [-0.3, -0.25) is 0 Å². The third-order valence-electron chi connectivity index (χ3n) is 4.25. The fourth-order valence-corrected chi connectivity index (χ4v) is 4.53. The molecule has 2 aromatic carbocycles. The van der Waals surface area contributed by atoms with Crippen molar-refractivity contribution in [1.82, 2.24) is 10.0 Å². The number of ether oxygens (including phenoxy) is 1. The zero-order chi connectivity index (χ0) is 19.7. The van der Waals surface area contributed by atoms with Gasteiger partial charge in [0.15, 0.2) is 0 Å². The van der Waals surface area contributed by atoms with Gasteiger partial charge in [0.05, 0.1) is 10.4 Å². The molecular weight excluding hydrogens is 405 g/mol. The van der Waals surface area contributed by atoms with Crippen LogP contribution in [0.5, 0.6) is 5.75 Å². The Morgan fingerprint density at radius 3 is 2.22 bits per heavy atom. The number of hydrogen-bond donors (Lipinski definition) is 2. The van der Waals surface area contributed by atoms with Crippen LogP contribution in [-0.4, -0.2) is 27.9 Å². The van der Waals surface area contributed by atoms with Gasteiger partial charge in [0.1, 0.15) is 5.75 Å². The first-order chi connectivity index (χ1) is 12.6. The molecule has 0 amide bonds. The minimum absolute atomic E-state index is 0.155. The molecule has 0 radical (unpaired) electrons. The summed E-state index contributed by atoms with van der Waals surface area (Å²) >= 11 is 5.91. The largest absolute Gasteiger partial charge is 0.573 e. The number of rotatable bonds is 5. The molecule has 5 nitrogen and oxygen atoms in total. The van der Waals surface area contributed by atoms with Crippen LogP contribution in [0.2, 0.25) is 5.02 Å². The molecule has 0 saturated carbocycles. The summed E-state index contributed by atoms with van der Waals surface area (Å²) in [5, 5.41) is 3.66. The van der Waals surface area contributed by atoms with E-state index in [-0.39, 0.29) is 4.90 Å². The smallest absolute Gasteiger partial charge is 0.406 e. The van der Waals surface area contributed by atoms with Gasteiger partial charge >= 0.3 is 6.36 Å². The van der Waals surface area contributed by atoms with Gasteiger partial charge in [-0.1, -0.05) is 23.7 Å². The average Bonchev–Trinajstić information content (AvgIpc) is 3.03. The summed E-state index contributed by atoms with van der Waals surface area (Å²) in [6.07, 6.45) is -4.32. The lowest BCUT2D eigenvalue weighted by atomic mass is 9.90. The van der Waals surface area contributed by atoms with Crippen molar-refractivity contribution < 1.29 is 26.3 Å². The van der Waals surface area contributed by atoms with E-state index in [1.807, 2.05) is 0 Å². The van der Waals surface area contributed by atoms with Crippen LogP contribution in [0.4, 0.5) is 13.2 Å². The Labute approximate surface area is 159 Å². The summed E-state index contributed by atoms with van der Waals surface area (Å²) in [5.41, 5.74) is -0.123. The molecule has 2 aromatic rings. The summed E-state index contributed by atoms with van der Waals surface area (Å²) in [6, 6.07) is 10.9. The number of nitrogens with one attached hydrogen (secondary N) is 2. The second kappa shape index (κ2) is 7.31. The van der Waals surface area contributed by atoms with Gasteiger partial charge < -0.3 is 10.1 Å². The van der Waals surface area contributed by atoms with Crippen molar-refractivity contribution in [2.24, 2.45) is 0 Å². The fourth-order valence-electron chi connectivity index (χ4n) is 2.99. The lowest BCUT2D eigenvalue weighted by Crippen LogP contribution is -2.47. The van der Waals surface area contributed by atoms with Gasteiger partial charge in [-0.25, -0.2) is 8.42 Å². The molecular formula is C17H16ClF3N2O3S. The van der Waals surface area contributed by atoms with Crippen LogP contribution >= 0.6 is 11.6 Å². The van der Waals surface area contributed by atoms with Gasteiger partial charge in [0.25, 0.3) is 0 Å². The van der Waals surface area contributed by atoms with E-state index in [1.165, 1.54) is 0 Å². The van der Waals surface area contributed by atoms with Crippen LogP contribution in [-0.2, 0) is 15.6 Å². The average molecular weight is 421 g/mol. The SMILES string of the molecule is O=S(=O)(N[C@]1(c2ccc(Cl)cc2)CCNC1)c1ccc(OC(F)(F)F)cc1. The second-order valence-corrected chi connectivity index (χ2v) is 8.26. The second-order valence-electron chi connectivity index (χ2n) is 6.14. The lowest BCUT2D eigenvalue weighted by Gasteiger charge is -2.30. The van der Waals surface area contributed by atoms with Crippen LogP contribution in [0.3, 0.4) is 0 Å². The van der Waals surface area contributed by atoms with E-state index in [0.29, 0.717) is 24.5 Å². The number of hydrogen-bond acceptors (Lipinski definition) is 4. The molecule has 3 rings (SSSR count). The summed E-state index contributed by atoms with van der Waals surface area (Å²) in [4.78, 5) is -0.155. The van der Waals surface area contributed by atoms with Crippen LogP contribution in [0.1, 0.15) is 12.0 Å².